The van der Waals surface area contributed by atoms with Crippen molar-refractivity contribution in [3.8, 4) is 0 Å². The molecule has 0 heterocycles. The van der Waals surface area contributed by atoms with Crippen LogP contribution in [0.4, 0.5) is 0 Å². The van der Waals surface area contributed by atoms with Crippen molar-refractivity contribution in [2.45, 2.75) is 34.1 Å². The largest absolute Gasteiger partial charge is 0.380 e. The Morgan fingerprint density at radius 2 is 1.60 bits per heavy atom. The number of nitrogens with two attached hydrogens (primary N) is 1. The zero-order valence-electron chi connectivity index (χ0n) is 10.4. The molecule has 0 aromatic carbocycles. The van der Waals surface area contributed by atoms with Crippen molar-refractivity contribution >= 4 is 0 Å². The molecule has 0 bridgehead atoms. The highest BCUT2D eigenvalue weighted by Gasteiger charge is 2.21. The van der Waals surface area contributed by atoms with Crippen LogP contribution in [0.1, 0.15) is 34.1 Å². The van der Waals surface area contributed by atoms with Gasteiger partial charge in [-0.15, -0.1) is 0 Å². The molecule has 0 amide bonds. The summed E-state index contributed by atoms with van der Waals surface area (Å²) >= 11 is 0. The monoisotopic (exact) mass is 219 g/mol. The molecule has 0 rings (SSSR count). The van der Waals surface area contributed by atoms with Crippen LogP contribution in [0.25, 0.3) is 0 Å². The van der Waals surface area contributed by atoms with Gasteiger partial charge in [-0.05, 0) is 18.4 Å². The summed E-state index contributed by atoms with van der Waals surface area (Å²) in [6.07, 6.45) is 0.770. The molecule has 4 heteroatoms. The van der Waals surface area contributed by atoms with Gasteiger partial charge < -0.3 is 10.5 Å². The van der Waals surface area contributed by atoms with Crippen LogP contribution in [0.3, 0.4) is 0 Å². The summed E-state index contributed by atoms with van der Waals surface area (Å²) in [5.74, 6) is 0. The maximum Gasteiger partial charge on any atom is 0.0825 e. The van der Waals surface area contributed by atoms with E-state index in [1.54, 1.807) is 0 Å². The van der Waals surface area contributed by atoms with Crippen LogP contribution in [0, 0.1) is 10.8 Å². The molecule has 0 aliphatic rings. The van der Waals surface area contributed by atoms with Gasteiger partial charge in [-0.2, -0.15) is 0 Å². The van der Waals surface area contributed by atoms with E-state index >= 15 is 0 Å². The van der Waals surface area contributed by atoms with Crippen molar-refractivity contribution in [3.63, 3.8) is 0 Å². The minimum absolute atomic E-state index is 0.0212. The zero-order valence-corrected chi connectivity index (χ0v) is 10.4. The summed E-state index contributed by atoms with van der Waals surface area (Å²) in [6.45, 7) is 10.6. The predicted octanol–water partition coefficient (Wildman–Crippen LogP) is 1.89. The van der Waals surface area contributed by atoms with E-state index in [1.807, 2.05) is 0 Å². The first-order valence-corrected chi connectivity index (χ1v) is 5.37. The Kier molecular flexibility index (Phi) is 6.36. The minimum Gasteiger partial charge on any atom is -0.380 e. The van der Waals surface area contributed by atoms with Crippen molar-refractivity contribution in [1.29, 1.82) is 0 Å². The molecule has 92 valence electrons. The fourth-order valence-electron chi connectivity index (χ4n) is 1.06. The molecule has 0 saturated carbocycles. The Bertz CT molecular complexity index is 169. The molecule has 0 unspecified atom stereocenters. The van der Waals surface area contributed by atoms with Gasteiger partial charge in [-0.25, -0.2) is 4.89 Å². The van der Waals surface area contributed by atoms with Crippen LogP contribution in [-0.4, -0.2) is 31.6 Å². The van der Waals surface area contributed by atoms with Crippen LogP contribution in [0.15, 0.2) is 0 Å². The molecule has 0 aliphatic heterocycles. The van der Waals surface area contributed by atoms with Crippen LogP contribution in [-0.2, 0) is 9.62 Å². The second kappa shape index (κ2) is 6.43. The van der Waals surface area contributed by atoms with Crippen LogP contribution in [0.2, 0.25) is 0 Å². The number of ether oxygens (including phenoxy) is 1. The summed E-state index contributed by atoms with van der Waals surface area (Å²) in [7, 11) is 0. The third kappa shape index (κ3) is 7.73. The maximum atomic E-state index is 8.26. The quantitative estimate of drug-likeness (QED) is 0.483. The molecule has 15 heavy (non-hydrogen) atoms. The molecule has 0 aromatic heterocycles. The average Bonchev–Trinajstić information content (AvgIpc) is 2.14. The highest BCUT2D eigenvalue weighted by molar-refractivity contribution is 4.71. The Hall–Kier alpha value is -0.160. The lowest BCUT2D eigenvalue weighted by molar-refractivity contribution is -0.247. The van der Waals surface area contributed by atoms with Crippen LogP contribution >= 0.6 is 0 Å². The molecule has 0 spiro atoms. The zero-order chi connectivity index (χ0) is 11.9. The van der Waals surface area contributed by atoms with E-state index in [9.17, 15) is 0 Å². The third-order valence-electron chi connectivity index (χ3n) is 2.41. The molecular weight excluding hydrogens is 194 g/mol. The highest BCUT2D eigenvalue weighted by atomic mass is 17.1. The van der Waals surface area contributed by atoms with Gasteiger partial charge in [0.05, 0.1) is 19.8 Å². The van der Waals surface area contributed by atoms with Gasteiger partial charge >= 0.3 is 0 Å². The summed E-state index contributed by atoms with van der Waals surface area (Å²) in [6, 6.07) is 0. The van der Waals surface area contributed by atoms with Crippen molar-refractivity contribution in [2.75, 3.05) is 26.4 Å². The number of rotatable bonds is 8. The maximum absolute atomic E-state index is 8.26. The van der Waals surface area contributed by atoms with E-state index in [-0.39, 0.29) is 10.8 Å². The molecule has 0 aromatic rings. The average molecular weight is 219 g/mol. The fraction of sp³-hybridized carbons (Fsp3) is 1.00. The summed E-state index contributed by atoms with van der Waals surface area (Å²) in [4.78, 5) is 4.07. The molecule has 0 saturated heterocycles. The van der Waals surface area contributed by atoms with Crippen molar-refractivity contribution in [3.05, 3.63) is 0 Å². The number of hydrogen-bond donors (Lipinski definition) is 2. The standard InChI is InChI=1S/C11H25NO3/c1-10(2,5-6-15-13)8-14-9-11(3,4)7-12/h13H,5-9,12H2,1-4H3. The lowest BCUT2D eigenvalue weighted by atomic mass is 9.90. The van der Waals surface area contributed by atoms with Gasteiger partial charge in [-0.3, -0.25) is 5.26 Å². The third-order valence-corrected chi connectivity index (χ3v) is 2.41. The predicted molar refractivity (Wildman–Crippen MR) is 60.6 cm³/mol. The summed E-state index contributed by atoms with van der Waals surface area (Å²) < 4.78 is 5.63. The first-order valence-electron chi connectivity index (χ1n) is 5.37. The van der Waals surface area contributed by atoms with Crippen molar-refractivity contribution < 1.29 is 14.9 Å². The topological polar surface area (TPSA) is 64.7 Å². The second-order valence-corrected chi connectivity index (χ2v) is 5.61. The smallest absolute Gasteiger partial charge is 0.0825 e. The lowest BCUT2D eigenvalue weighted by Crippen LogP contribution is -2.31. The van der Waals surface area contributed by atoms with Gasteiger partial charge in [0.25, 0.3) is 0 Å². The van der Waals surface area contributed by atoms with E-state index in [2.05, 4.69) is 32.6 Å². The molecule has 4 nitrogen and oxygen atoms in total. The Morgan fingerprint density at radius 1 is 1.07 bits per heavy atom. The normalized spacial score (nSPS) is 13.2. The molecule has 0 atom stereocenters. The van der Waals surface area contributed by atoms with Gasteiger partial charge in [-0.1, -0.05) is 27.7 Å². The lowest BCUT2D eigenvalue weighted by Gasteiger charge is -2.27. The Labute approximate surface area is 92.7 Å². The molecule has 0 fully saturated rings. The van der Waals surface area contributed by atoms with Gasteiger partial charge in [0.1, 0.15) is 0 Å². The molecule has 3 N–H and O–H groups in total. The van der Waals surface area contributed by atoms with Crippen LogP contribution < -0.4 is 5.73 Å². The molecule has 0 aliphatic carbocycles. The van der Waals surface area contributed by atoms with Crippen molar-refractivity contribution in [2.24, 2.45) is 16.6 Å². The van der Waals surface area contributed by atoms with Gasteiger partial charge in [0.15, 0.2) is 0 Å². The Morgan fingerprint density at radius 3 is 2.07 bits per heavy atom. The summed E-state index contributed by atoms with van der Waals surface area (Å²) in [5, 5.41) is 8.26. The first kappa shape index (κ1) is 14.8. The minimum atomic E-state index is 0.0212. The summed E-state index contributed by atoms with van der Waals surface area (Å²) in [5.41, 5.74) is 5.66. The molecular formula is C11H25NO3. The van der Waals surface area contributed by atoms with Crippen LogP contribution in [0.5, 0.6) is 0 Å². The number of hydrogen-bond acceptors (Lipinski definition) is 4. The molecule has 0 radical (unpaired) electrons. The van der Waals surface area contributed by atoms with Gasteiger partial charge in [0.2, 0.25) is 0 Å². The van der Waals surface area contributed by atoms with E-state index in [0.29, 0.717) is 26.4 Å². The van der Waals surface area contributed by atoms with Crippen molar-refractivity contribution in [1.82, 2.24) is 0 Å². The van der Waals surface area contributed by atoms with E-state index in [0.717, 1.165) is 6.42 Å². The highest BCUT2D eigenvalue weighted by Crippen LogP contribution is 2.22. The van der Waals surface area contributed by atoms with E-state index in [1.165, 1.54) is 0 Å². The van der Waals surface area contributed by atoms with Gasteiger partial charge in [0, 0.05) is 5.41 Å². The first-order chi connectivity index (χ1) is 6.83. The van der Waals surface area contributed by atoms with E-state index in [4.69, 9.17) is 15.7 Å². The Balaban J connectivity index is 3.74. The second-order valence-electron chi connectivity index (χ2n) is 5.61. The fourth-order valence-corrected chi connectivity index (χ4v) is 1.06. The van der Waals surface area contributed by atoms with E-state index < -0.39 is 0 Å². The SMILES string of the molecule is CC(C)(CN)COCC(C)(C)CCOO.